The Morgan fingerprint density at radius 2 is 1.71 bits per heavy atom. The molecule has 0 N–H and O–H groups in total. The predicted molar refractivity (Wildman–Crippen MR) is 112 cm³/mol. The van der Waals surface area contributed by atoms with E-state index in [-0.39, 0.29) is 17.2 Å². The summed E-state index contributed by atoms with van der Waals surface area (Å²) in [6.07, 6.45) is 1.74. The van der Waals surface area contributed by atoms with Gasteiger partial charge in [0.1, 0.15) is 11.5 Å². The van der Waals surface area contributed by atoms with Gasteiger partial charge in [-0.15, -0.1) is 0 Å². The van der Waals surface area contributed by atoms with Crippen LogP contribution in [0.3, 0.4) is 0 Å². The Kier molecular flexibility index (Phi) is 5.57. The molecule has 1 heterocycles. The Balaban J connectivity index is 1.83. The van der Waals surface area contributed by atoms with Gasteiger partial charge in [0.25, 0.3) is 11.1 Å². The number of carbonyl (C=O) groups is 2. The Bertz CT molecular complexity index is 1030. The smallest absolute Gasteiger partial charge is 0.293 e. The van der Waals surface area contributed by atoms with E-state index in [9.17, 15) is 9.59 Å². The van der Waals surface area contributed by atoms with Gasteiger partial charge in [-0.2, -0.15) is 0 Å². The highest BCUT2D eigenvalue weighted by Crippen LogP contribution is 2.35. The van der Waals surface area contributed by atoms with Crippen molar-refractivity contribution >= 4 is 34.7 Å². The molecule has 2 aromatic rings. The summed E-state index contributed by atoms with van der Waals surface area (Å²) in [5.74, 6) is 1.14. The first-order valence-corrected chi connectivity index (χ1v) is 9.65. The number of ether oxygens (including phenoxy) is 1. The monoisotopic (exact) mass is 392 g/mol. The molecule has 0 atom stereocenters. The van der Waals surface area contributed by atoms with Gasteiger partial charge in [-0.25, -0.2) is 4.85 Å². The van der Waals surface area contributed by atoms with E-state index < -0.39 is 0 Å². The van der Waals surface area contributed by atoms with Crippen molar-refractivity contribution in [2.45, 2.75) is 33.7 Å². The van der Waals surface area contributed by atoms with Gasteiger partial charge in [-0.05, 0) is 86.5 Å². The zero-order valence-corrected chi connectivity index (χ0v) is 17.0. The summed E-state index contributed by atoms with van der Waals surface area (Å²) < 4.78 is 5.99. The molecule has 1 aliphatic heterocycles. The summed E-state index contributed by atoms with van der Waals surface area (Å²) in [7, 11) is 0. The van der Waals surface area contributed by atoms with Crippen LogP contribution in [0.2, 0.25) is 0 Å². The van der Waals surface area contributed by atoms with Crippen molar-refractivity contribution in [2.24, 2.45) is 0 Å². The van der Waals surface area contributed by atoms with Crippen LogP contribution in [0.25, 0.3) is 10.9 Å². The van der Waals surface area contributed by atoms with Gasteiger partial charge >= 0.3 is 0 Å². The van der Waals surface area contributed by atoms with E-state index in [1.807, 2.05) is 45.9 Å². The molecule has 0 spiro atoms. The van der Waals surface area contributed by atoms with Gasteiger partial charge in [-0.3, -0.25) is 14.5 Å². The molecule has 5 nitrogen and oxygen atoms in total. The number of rotatable bonds is 4. The molecule has 0 aromatic heterocycles. The zero-order chi connectivity index (χ0) is 20.4. The molecule has 2 aromatic carbocycles. The lowest BCUT2D eigenvalue weighted by atomic mass is 10.1. The normalized spacial score (nSPS) is 15.4. The number of carbonyl (C=O) groups excluding carboxylic acids is 2. The summed E-state index contributed by atoms with van der Waals surface area (Å²) in [6.45, 7) is 14.5. The van der Waals surface area contributed by atoms with Crippen LogP contribution in [0, 0.1) is 20.4 Å². The van der Waals surface area contributed by atoms with E-state index in [4.69, 9.17) is 11.3 Å². The molecule has 1 saturated heterocycles. The Morgan fingerprint density at radius 1 is 1.07 bits per heavy atom. The topological polar surface area (TPSA) is 51.0 Å². The molecule has 0 bridgehead atoms. The van der Waals surface area contributed by atoms with Crippen LogP contribution in [0.1, 0.15) is 30.5 Å². The van der Waals surface area contributed by atoms with Gasteiger partial charge in [0, 0.05) is 6.04 Å². The summed E-state index contributed by atoms with van der Waals surface area (Å²) in [6, 6.07) is 10.8. The molecule has 0 saturated carbocycles. The largest absolute Gasteiger partial charge is 0.457 e. The first-order valence-electron chi connectivity index (χ1n) is 8.84. The lowest BCUT2D eigenvalue weighted by Gasteiger charge is -2.16. The van der Waals surface area contributed by atoms with Crippen molar-refractivity contribution in [3.63, 3.8) is 0 Å². The van der Waals surface area contributed by atoms with Crippen molar-refractivity contribution in [3.05, 3.63) is 69.4 Å². The second-order valence-corrected chi connectivity index (χ2v) is 7.83. The maximum absolute atomic E-state index is 12.4. The van der Waals surface area contributed by atoms with Crippen molar-refractivity contribution in [3.8, 4) is 11.5 Å². The third-order valence-corrected chi connectivity index (χ3v) is 5.23. The highest BCUT2D eigenvalue weighted by Gasteiger charge is 2.36. The minimum absolute atomic E-state index is 0.159. The molecule has 3 rings (SSSR count). The average Bonchev–Trinajstić information content (AvgIpc) is 2.92. The highest BCUT2D eigenvalue weighted by molar-refractivity contribution is 8.18. The molecule has 28 heavy (non-hydrogen) atoms. The molecule has 2 amide bonds. The van der Waals surface area contributed by atoms with Crippen LogP contribution < -0.4 is 4.74 Å². The Labute approximate surface area is 168 Å². The second-order valence-electron chi connectivity index (χ2n) is 6.83. The van der Waals surface area contributed by atoms with E-state index in [1.165, 1.54) is 4.90 Å². The number of aryl methyl sites for hydroxylation is 2. The SMILES string of the molecule is [C-]#[N+]c1ccc(Oc2ccc(/C=C3\SC(=O)N(C(C)C)C3=O)cc2C)c(C)c1. The van der Waals surface area contributed by atoms with Crippen LogP contribution >= 0.6 is 11.8 Å². The minimum atomic E-state index is -0.251. The fourth-order valence-corrected chi connectivity index (χ4v) is 3.85. The van der Waals surface area contributed by atoms with Gasteiger partial charge in [0.05, 0.1) is 11.5 Å². The maximum Gasteiger partial charge on any atom is 0.293 e. The third-order valence-electron chi connectivity index (χ3n) is 4.34. The second kappa shape index (κ2) is 7.91. The first kappa shape index (κ1) is 19.7. The number of hydrogen-bond donors (Lipinski definition) is 0. The number of imide groups is 1. The van der Waals surface area contributed by atoms with E-state index in [1.54, 1.807) is 24.3 Å². The van der Waals surface area contributed by atoms with Gasteiger partial charge in [0.15, 0.2) is 5.69 Å². The van der Waals surface area contributed by atoms with Crippen LogP contribution in [-0.4, -0.2) is 22.1 Å². The number of amides is 2. The Hall–Kier alpha value is -3.04. The molecular weight excluding hydrogens is 372 g/mol. The van der Waals surface area contributed by atoms with E-state index in [2.05, 4.69) is 4.85 Å². The summed E-state index contributed by atoms with van der Waals surface area (Å²) in [4.78, 5) is 29.6. The lowest BCUT2D eigenvalue weighted by Crippen LogP contribution is -2.34. The quantitative estimate of drug-likeness (QED) is 0.467. The molecule has 0 unspecified atom stereocenters. The van der Waals surface area contributed by atoms with Crippen LogP contribution in [0.4, 0.5) is 10.5 Å². The van der Waals surface area contributed by atoms with E-state index in [0.717, 1.165) is 28.5 Å². The summed E-state index contributed by atoms with van der Waals surface area (Å²) in [5, 5.41) is -0.235. The molecule has 142 valence electrons. The molecule has 1 fully saturated rings. The van der Waals surface area contributed by atoms with Gasteiger partial charge < -0.3 is 4.74 Å². The fourth-order valence-electron chi connectivity index (χ4n) is 2.89. The van der Waals surface area contributed by atoms with E-state index >= 15 is 0 Å². The number of hydrogen-bond acceptors (Lipinski definition) is 4. The van der Waals surface area contributed by atoms with Gasteiger partial charge in [-0.1, -0.05) is 12.1 Å². The standard InChI is InChI=1S/C22H20N2O3S/c1-13(2)24-21(25)20(28-22(24)26)12-16-6-8-18(14(3)10-16)27-19-9-7-17(23-5)11-15(19)4/h6-13H,1-4H3/b20-12-. The van der Waals surface area contributed by atoms with Crippen LogP contribution in [-0.2, 0) is 4.79 Å². The molecule has 0 aliphatic carbocycles. The predicted octanol–water partition coefficient (Wildman–Crippen LogP) is 6.09. The zero-order valence-electron chi connectivity index (χ0n) is 16.1. The summed E-state index contributed by atoms with van der Waals surface area (Å²) >= 11 is 0.966. The Morgan fingerprint density at radius 3 is 2.25 bits per heavy atom. The van der Waals surface area contributed by atoms with E-state index in [0.29, 0.717) is 22.1 Å². The van der Waals surface area contributed by atoms with Crippen LogP contribution in [0.15, 0.2) is 41.3 Å². The average molecular weight is 392 g/mol. The van der Waals surface area contributed by atoms with Crippen molar-refractivity contribution in [1.29, 1.82) is 0 Å². The molecule has 0 radical (unpaired) electrons. The minimum Gasteiger partial charge on any atom is -0.457 e. The van der Waals surface area contributed by atoms with Gasteiger partial charge in [0.2, 0.25) is 0 Å². The summed E-state index contributed by atoms with van der Waals surface area (Å²) in [5.41, 5.74) is 3.20. The lowest BCUT2D eigenvalue weighted by molar-refractivity contribution is -0.123. The van der Waals surface area contributed by atoms with Crippen molar-refractivity contribution < 1.29 is 14.3 Å². The first-order chi connectivity index (χ1) is 13.3. The molecule has 6 heteroatoms. The highest BCUT2D eigenvalue weighted by atomic mass is 32.2. The van der Waals surface area contributed by atoms with Crippen molar-refractivity contribution in [1.82, 2.24) is 4.90 Å². The third kappa shape index (κ3) is 3.95. The molecule has 1 aliphatic rings. The van der Waals surface area contributed by atoms with Crippen LogP contribution in [0.5, 0.6) is 11.5 Å². The maximum atomic E-state index is 12.4. The number of benzene rings is 2. The fraction of sp³-hybridized carbons (Fsp3) is 0.227. The number of thioether (sulfide) groups is 1. The molecular formula is C22H20N2O3S. The number of nitrogens with zero attached hydrogens (tertiary/aromatic N) is 2. The van der Waals surface area contributed by atoms with Crippen molar-refractivity contribution in [2.75, 3.05) is 0 Å².